The molecule has 2 aromatic rings. The van der Waals surface area contributed by atoms with E-state index in [1.54, 1.807) is 0 Å². The number of benzene rings is 2. The summed E-state index contributed by atoms with van der Waals surface area (Å²) in [6.45, 7) is 4.24. The smallest absolute Gasteiger partial charge is 0.0440 e. The van der Waals surface area contributed by atoms with Crippen LogP contribution in [-0.2, 0) is 6.42 Å². The predicted octanol–water partition coefficient (Wildman–Crippen LogP) is 5.68. The average Bonchev–Trinajstić information content (AvgIpc) is 2.39. The number of alkyl halides is 1. The monoisotopic (exact) mass is 336 g/mol. The van der Waals surface area contributed by atoms with Crippen molar-refractivity contribution in [3.8, 4) is 0 Å². The minimum atomic E-state index is 0.460. The van der Waals surface area contributed by atoms with Gasteiger partial charge in [0.2, 0.25) is 0 Å². The van der Waals surface area contributed by atoms with E-state index in [-0.39, 0.29) is 0 Å². The molecule has 0 aromatic heterocycles. The highest BCUT2D eigenvalue weighted by Crippen LogP contribution is 2.29. The molecular formula is C17H18BrCl. The van der Waals surface area contributed by atoms with E-state index in [9.17, 15) is 0 Å². The second-order valence-electron chi connectivity index (χ2n) is 5.01. The third-order valence-electron chi connectivity index (χ3n) is 3.49. The molecule has 0 radical (unpaired) electrons. The highest BCUT2D eigenvalue weighted by Gasteiger charge is 2.14. The van der Waals surface area contributed by atoms with Crippen LogP contribution in [0.25, 0.3) is 0 Å². The molecule has 2 aromatic carbocycles. The summed E-state index contributed by atoms with van der Waals surface area (Å²) in [5, 5.41) is 1.82. The number of hydrogen-bond donors (Lipinski definition) is 0. The van der Waals surface area contributed by atoms with Crippen molar-refractivity contribution in [1.82, 2.24) is 0 Å². The Balaban J connectivity index is 2.27. The lowest BCUT2D eigenvalue weighted by atomic mass is 9.90. The minimum Gasteiger partial charge on any atom is -0.0921 e. The maximum absolute atomic E-state index is 6.34. The Labute approximate surface area is 128 Å². The summed E-state index contributed by atoms with van der Waals surface area (Å²) in [5.74, 6) is 0.460. The fourth-order valence-corrected chi connectivity index (χ4v) is 3.27. The first-order valence-electron chi connectivity index (χ1n) is 6.48. The first-order valence-corrected chi connectivity index (χ1v) is 7.98. The maximum atomic E-state index is 6.34. The van der Waals surface area contributed by atoms with Gasteiger partial charge in [-0.25, -0.2) is 0 Å². The van der Waals surface area contributed by atoms with Crippen molar-refractivity contribution < 1.29 is 0 Å². The van der Waals surface area contributed by atoms with E-state index < -0.39 is 0 Å². The van der Waals surface area contributed by atoms with Gasteiger partial charge in [0.25, 0.3) is 0 Å². The van der Waals surface area contributed by atoms with Gasteiger partial charge in [-0.15, -0.1) is 0 Å². The molecule has 0 aliphatic carbocycles. The molecule has 0 heterocycles. The predicted molar refractivity (Wildman–Crippen MR) is 87.6 cm³/mol. The minimum absolute atomic E-state index is 0.460. The molecule has 0 fully saturated rings. The fraction of sp³-hybridized carbons (Fsp3) is 0.294. The van der Waals surface area contributed by atoms with Crippen LogP contribution < -0.4 is 0 Å². The molecular weight excluding hydrogens is 320 g/mol. The van der Waals surface area contributed by atoms with Crippen LogP contribution >= 0.6 is 27.5 Å². The number of halogens is 2. The Morgan fingerprint density at radius 2 is 1.84 bits per heavy atom. The Bertz CT molecular complexity index is 563. The van der Waals surface area contributed by atoms with Crippen LogP contribution in [0.3, 0.4) is 0 Å². The maximum Gasteiger partial charge on any atom is 0.0440 e. The Morgan fingerprint density at radius 1 is 1.11 bits per heavy atom. The molecule has 2 rings (SSSR count). The van der Waals surface area contributed by atoms with E-state index in [0.717, 1.165) is 16.8 Å². The third kappa shape index (κ3) is 3.61. The summed E-state index contributed by atoms with van der Waals surface area (Å²) in [6, 6.07) is 14.9. The summed E-state index contributed by atoms with van der Waals surface area (Å²) < 4.78 is 0. The first kappa shape index (κ1) is 14.6. The Morgan fingerprint density at radius 3 is 2.47 bits per heavy atom. The van der Waals surface area contributed by atoms with Crippen molar-refractivity contribution in [2.75, 3.05) is 5.33 Å². The molecule has 2 heteroatoms. The number of aryl methyl sites for hydroxylation is 2. The summed E-state index contributed by atoms with van der Waals surface area (Å²) in [7, 11) is 0. The lowest BCUT2D eigenvalue weighted by molar-refractivity contribution is 0.769. The SMILES string of the molecule is Cc1ccc(CC(CBr)c2ccccc2C)c(Cl)c1. The summed E-state index contributed by atoms with van der Waals surface area (Å²) in [5.41, 5.74) is 5.17. The van der Waals surface area contributed by atoms with E-state index in [1.165, 1.54) is 22.3 Å². The molecule has 0 bridgehead atoms. The van der Waals surface area contributed by atoms with Crippen LogP contribution in [-0.4, -0.2) is 5.33 Å². The van der Waals surface area contributed by atoms with E-state index in [2.05, 4.69) is 66.2 Å². The molecule has 0 aliphatic heterocycles. The molecule has 19 heavy (non-hydrogen) atoms. The van der Waals surface area contributed by atoms with Crippen LogP contribution in [0, 0.1) is 13.8 Å². The van der Waals surface area contributed by atoms with Crippen molar-refractivity contribution in [2.45, 2.75) is 26.2 Å². The third-order valence-corrected chi connectivity index (χ3v) is 4.62. The van der Waals surface area contributed by atoms with Crippen molar-refractivity contribution in [3.05, 3.63) is 69.7 Å². The van der Waals surface area contributed by atoms with Gasteiger partial charge in [0, 0.05) is 10.4 Å². The topological polar surface area (TPSA) is 0 Å². The van der Waals surface area contributed by atoms with E-state index in [0.29, 0.717) is 5.92 Å². The second-order valence-corrected chi connectivity index (χ2v) is 6.06. The highest BCUT2D eigenvalue weighted by atomic mass is 79.9. The van der Waals surface area contributed by atoms with Gasteiger partial charge in [-0.1, -0.05) is 63.9 Å². The van der Waals surface area contributed by atoms with Crippen LogP contribution in [0.15, 0.2) is 42.5 Å². The van der Waals surface area contributed by atoms with Gasteiger partial charge < -0.3 is 0 Å². The molecule has 0 saturated heterocycles. The molecule has 1 atom stereocenters. The van der Waals surface area contributed by atoms with Gasteiger partial charge in [0.1, 0.15) is 0 Å². The van der Waals surface area contributed by atoms with Crippen molar-refractivity contribution in [1.29, 1.82) is 0 Å². The van der Waals surface area contributed by atoms with Gasteiger partial charge >= 0.3 is 0 Å². The summed E-state index contributed by atoms with van der Waals surface area (Å²) >= 11 is 9.98. The highest BCUT2D eigenvalue weighted by molar-refractivity contribution is 9.09. The van der Waals surface area contributed by atoms with Crippen molar-refractivity contribution in [3.63, 3.8) is 0 Å². The quantitative estimate of drug-likeness (QED) is 0.630. The Hall–Kier alpha value is -0.790. The first-order chi connectivity index (χ1) is 9.11. The zero-order valence-corrected chi connectivity index (χ0v) is 13.6. The molecule has 0 nitrogen and oxygen atoms in total. The molecule has 0 saturated carbocycles. The lowest BCUT2D eigenvalue weighted by Gasteiger charge is -2.18. The molecule has 0 spiro atoms. The van der Waals surface area contributed by atoms with Gasteiger partial charge in [-0.2, -0.15) is 0 Å². The lowest BCUT2D eigenvalue weighted by Crippen LogP contribution is -2.06. The van der Waals surface area contributed by atoms with Gasteiger partial charge in [0.15, 0.2) is 0 Å². The van der Waals surface area contributed by atoms with Gasteiger partial charge in [-0.3, -0.25) is 0 Å². The normalized spacial score (nSPS) is 12.4. The standard InChI is InChI=1S/C17H18BrCl/c1-12-7-8-14(17(19)9-12)10-15(11-18)16-6-4-3-5-13(16)2/h3-9,15H,10-11H2,1-2H3. The molecule has 1 unspecified atom stereocenters. The largest absolute Gasteiger partial charge is 0.0921 e. The zero-order valence-electron chi connectivity index (χ0n) is 11.3. The Kier molecular flexibility index (Phi) is 5.06. The molecule has 0 N–H and O–H groups in total. The van der Waals surface area contributed by atoms with Crippen LogP contribution in [0.5, 0.6) is 0 Å². The van der Waals surface area contributed by atoms with E-state index in [4.69, 9.17) is 11.6 Å². The molecule has 0 aliphatic rings. The fourth-order valence-electron chi connectivity index (χ4n) is 2.38. The summed E-state index contributed by atoms with van der Waals surface area (Å²) in [6.07, 6.45) is 0.967. The number of hydrogen-bond acceptors (Lipinski definition) is 0. The van der Waals surface area contributed by atoms with E-state index >= 15 is 0 Å². The van der Waals surface area contributed by atoms with Crippen LogP contribution in [0.4, 0.5) is 0 Å². The van der Waals surface area contributed by atoms with Gasteiger partial charge in [-0.05, 0) is 54.5 Å². The van der Waals surface area contributed by atoms with Crippen LogP contribution in [0.1, 0.15) is 28.2 Å². The van der Waals surface area contributed by atoms with E-state index in [1.807, 2.05) is 6.07 Å². The number of rotatable bonds is 4. The second kappa shape index (κ2) is 6.58. The van der Waals surface area contributed by atoms with Crippen molar-refractivity contribution in [2.24, 2.45) is 0 Å². The van der Waals surface area contributed by atoms with Gasteiger partial charge in [0.05, 0.1) is 0 Å². The van der Waals surface area contributed by atoms with Crippen molar-refractivity contribution >= 4 is 27.5 Å². The summed E-state index contributed by atoms with van der Waals surface area (Å²) in [4.78, 5) is 0. The average molecular weight is 338 g/mol. The van der Waals surface area contributed by atoms with Crippen LogP contribution in [0.2, 0.25) is 5.02 Å². The molecule has 100 valence electrons. The zero-order chi connectivity index (χ0) is 13.8. The molecule has 0 amide bonds.